The first-order valence-corrected chi connectivity index (χ1v) is 13.1. The molecule has 32 heavy (non-hydrogen) atoms. The van der Waals surface area contributed by atoms with Gasteiger partial charge in [0.05, 0.1) is 25.1 Å². The van der Waals surface area contributed by atoms with Gasteiger partial charge in [-0.3, -0.25) is 14.5 Å². The number of amides is 2. The fourth-order valence-electron chi connectivity index (χ4n) is 4.52. The molecular weight excluding hydrogens is 454 g/mol. The number of halogens is 1. The summed E-state index contributed by atoms with van der Waals surface area (Å²) in [5.41, 5.74) is -1.13. The van der Waals surface area contributed by atoms with Crippen LogP contribution < -0.4 is 15.0 Å². The van der Waals surface area contributed by atoms with E-state index in [1.165, 1.54) is 18.9 Å². The summed E-state index contributed by atoms with van der Waals surface area (Å²) < 4.78 is 31.8. The van der Waals surface area contributed by atoms with Gasteiger partial charge in [0, 0.05) is 17.6 Å². The van der Waals surface area contributed by atoms with Crippen molar-refractivity contribution in [3.8, 4) is 5.75 Å². The number of carbonyl (C=O) groups excluding carboxylic acids is 2. The molecule has 1 saturated heterocycles. The smallest absolute Gasteiger partial charge is 0.247 e. The number of sulfonamides is 1. The summed E-state index contributed by atoms with van der Waals surface area (Å²) in [4.78, 5) is 28.4. The molecule has 2 fully saturated rings. The van der Waals surface area contributed by atoms with Crippen LogP contribution in [0.4, 0.5) is 5.69 Å². The van der Waals surface area contributed by atoms with Crippen molar-refractivity contribution in [2.75, 3.05) is 30.9 Å². The van der Waals surface area contributed by atoms with Gasteiger partial charge in [-0.25, -0.2) is 8.42 Å². The molecule has 178 valence electrons. The number of carbonyl (C=O) groups is 2. The second-order valence-electron chi connectivity index (χ2n) is 8.65. The number of hydrogen-bond donors (Lipinski definition) is 1. The molecule has 1 saturated carbocycles. The Balaban J connectivity index is 2.04. The van der Waals surface area contributed by atoms with E-state index in [1.807, 2.05) is 0 Å². The van der Waals surface area contributed by atoms with Gasteiger partial charge < -0.3 is 10.1 Å². The van der Waals surface area contributed by atoms with Crippen LogP contribution in [0.3, 0.4) is 0 Å². The van der Waals surface area contributed by atoms with Crippen molar-refractivity contribution in [1.29, 1.82) is 0 Å². The van der Waals surface area contributed by atoms with Gasteiger partial charge in [-0.15, -0.1) is 0 Å². The number of methoxy groups -OCH3 is 1. The molecule has 8 nitrogen and oxygen atoms in total. The molecule has 10 heteroatoms. The highest BCUT2D eigenvalue weighted by molar-refractivity contribution is 7.89. The molecule has 1 aromatic carbocycles. The highest BCUT2D eigenvalue weighted by atomic mass is 35.5. The third-order valence-electron chi connectivity index (χ3n) is 6.36. The van der Waals surface area contributed by atoms with Gasteiger partial charge in [-0.1, -0.05) is 37.3 Å². The van der Waals surface area contributed by atoms with Gasteiger partial charge in [-0.2, -0.15) is 4.31 Å². The van der Waals surface area contributed by atoms with Crippen LogP contribution in [-0.2, 0) is 19.6 Å². The number of nitrogens with one attached hydrogen (secondary N) is 1. The number of rotatable bonds is 6. The van der Waals surface area contributed by atoms with E-state index in [2.05, 4.69) is 5.32 Å². The summed E-state index contributed by atoms with van der Waals surface area (Å²) in [6, 6.07) is 4.83. The maximum absolute atomic E-state index is 13.7. The largest absolute Gasteiger partial charge is 0.495 e. The molecule has 0 radical (unpaired) electrons. The van der Waals surface area contributed by atoms with E-state index in [0.717, 1.165) is 42.8 Å². The predicted octanol–water partition coefficient (Wildman–Crippen LogP) is 2.94. The van der Waals surface area contributed by atoms with Gasteiger partial charge in [0.25, 0.3) is 0 Å². The maximum atomic E-state index is 13.7. The lowest BCUT2D eigenvalue weighted by molar-refractivity contribution is -0.133. The van der Waals surface area contributed by atoms with Crippen molar-refractivity contribution in [2.24, 2.45) is 0 Å². The lowest BCUT2D eigenvalue weighted by atomic mass is 9.93. The lowest BCUT2D eigenvalue weighted by Crippen LogP contribution is -2.71. The van der Waals surface area contributed by atoms with Crippen molar-refractivity contribution >= 4 is 39.1 Å². The standard InChI is InChI=1S/C22H32ClN3O5S/c1-4-32(29,30)25-14-20(27)26(18-13-16(23)11-12-19(18)31-3)22(2,15-25)21(28)24-17-9-7-5-6-8-10-17/h11-13,17H,4-10,14-15H2,1-3H3,(H,24,28). The number of piperazine rings is 1. The van der Waals surface area contributed by atoms with Crippen molar-refractivity contribution in [3.63, 3.8) is 0 Å². The van der Waals surface area contributed by atoms with Crippen LogP contribution in [0.25, 0.3) is 0 Å². The maximum Gasteiger partial charge on any atom is 0.247 e. The monoisotopic (exact) mass is 485 g/mol. The van der Waals surface area contributed by atoms with Gasteiger partial charge in [-0.05, 0) is 44.9 Å². The molecule has 1 N–H and O–H groups in total. The summed E-state index contributed by atoms with van der Waals surface area (Å²) >= 11 is 6.21. The van der Waals surface area contributed by atoms with Gasteiger partial charge >= 0.3 is 0 Å². The molecule has 1 aromatic rings. The fraction of sp³-hybridized carbons (Fsp3) is 0.636. The minimum absolute atomic E-state index is 0.00167. The molecule has 1 heterocycles. The lowest BCUT2D eigenvalue weighted by Gasteiger charge is -2.47. The van der Waals surface area contributed by atoms with Crippen molar-refractivity contribution in [3.05, 3.63) is 23.2 Å². The summed E-state index contributed by atoms with van der Waals surface area (Å²) in [6.45, 7) is 2.63. The van der Waals surface area contributed by atoms with Crippen molar-refractivity contribution in [2.45, 2.75) is 64.0 Å². The fourth-order valence-corrected chi connectivity index (χ4v) is 5.81. The van der Waals surface area contributed by atoms with Crippen molar-refractivity contribution < 1.29 is 22.7 Å². The van der Waals surface area contributed by atoms with E-state index in [1.54, 1.807) is 25.1 Å². The molecule has 0 aromatic heterocycles. The van der Waals surface area contributed by atoms with Crippen LogP contribution in [0.15, 0.2) is 18.2 Å². The number of ether oxygens (including phenoxy) is 1. The van der Waals surface area contributed by atoms with E-state index >= 15 is 0 Å². The summed E-state index contributed by atoms with van der Waals surface area (Å²) in [7, 11) is -2.21. The first-order chi connectivity index (χ1) is 15.1. The molecular formula is C22H32ClN3O5S. The minimum Gasteiger partial charge on any atom is -0.495 e. The Morgan fingerprint density at radius 1 is 1.25 bits per heavy atom. The highest BCUT2D eigenvalue weighted by Crippen LogP contribution is 2.38. The summed E-state index contributed by atoms with van der Waals surface area (Å²) in [5.74, 6) is -0.660. The molecule has 2 aliphatic rings. The Bertz CT molecular complexity index is 962. The normalized spacial score (nSPS) is 23.6. The van der Waals surface area contributed by atoms with Crippen LogP contribution in [0.1, 0.15) is 52.4 Å². The third kappa shape index (κ3) is 5.05. The van der Waals surface area contributed by atoms with Gasteiger partial charge in [0.2, 0.25) is 21.8 Å². The summed E-state index contributed by atoms with van der Waals surface area (Å²) in [5, 5.41) is 3.48. The van der Waals surface area contributed by atoms with Crippen molar-refractivity contribution in [1.82, 2.24) is 9.62 Å². The van der Waals surface area contributed by atoms with Crippen LogP contribution in [-0.4, -0.2) is 62.1 Å². The van der Waals surface area contributed by atoms with E-state index in [4.69, 9.17) is 16.3 Å². The molecule has 0 spiro atoms. The van der Waals surface area contributed by atoms with Crippen LogP contribution >= 0.6 is 11.6 Å². The first-order valence-electron chi connectivity index (χ1n) is 11.1. The van der Waals surface area contributed by atoms with E-state index < -0.39 is 21.5 Å². The Morgan fingerprint density at radius 3 is 2.50 bits per heavy atom. The van der Waals surface area contributed by atoms with E-state index in [-0.39, 0.29) is 30.8 Å². The molecule has 1 aliphatic heterocycles. The van der Waals surface area contributed by atoms with E-state index in [0.29, 0.717) is 16.5 Å². The number of nitrogens with zero attached hydrogens (tertiary/aromatic N) is 2. The quantitative estimate of drug-likeness (QED) is 0.625. The second-order valence-corrected chi connectivity index (χ2v) is 11.3. The first kappa shape index (κ1) is 24.8. The van der Waals surface area contributed by atoms with Crippen LogP contribution in [0.5, 0.6) is 5.75 Å². The van der Waals surface area contributed by atoms with Crippen LogP contribution in [0.2, 0.25) is 5.02 Å². The number of hydrogen-bond acceptors (Lipinski definition) is 5. The Morgan fingerprint density at radius 2 is 1.91 bits per heavy atom. The zero-order valence-electron chi connectivity index (χ0n) is 18.9. The molecule has 1 aliphatic carbocycles. The summed E-state index contributed by atoms with van der Waals surface area (Å²) in [6.07, 6.45) is 6.07. The molecule has 1 atom stereocenters. The Hall–Kier alpha value is -1.84. The molecule has 0 bridgehead atoms. The SMILES string of the molecule is CCS(=O)(=O)N1CC(=O)N(c2cc(Cl)ccc2OC)C(C)(C(=O)NC2CCCCCC2)C1. The minimum atomic E-state index is -3.68. The van der Waals surface area contributed by atoms with Gasteiger partial charge in [0.1, 0.15) is 11.3 Å². The van der Waals surface area contributed by atoms with E-state index in [9.17, 15) is 18.0 Å². The Labute approximate surface area is 195 Å². The third-order valence-corrected chi connectivity index (χ3v) is 8.37. The van der Waals surface area contributed by atoms with Crippen LogP contribution in [0, 0.1) is 0 Å². The molecule has 1 unspecified atom stereocenters. The second kappa shape index (κ2) is 9.97. The highest BCUT2D eigenvalue weighted by Gasteiger charge is 2.51. The topological polar surface area (TPSA) is 96.0 Å². The average Bonchev–Trinajstić information content (AvgIpc) is 3.02. The zero-order chi connectivity index (χ0) is 23.5. The Kier molecular flexibility index (Phi) is 7.73. The predicted molar refractivity (Wildman–Crippen MR) is 125 cm³/mol. The number of benzene rings is 1. The average molecular weight is 486 g/mol. The van der Waals surface area contributed by atoms with Gasteiger partial charge in [0.15, 0.2) is 0 Å². The number of anilines is 1. The molecule has 3 rings (SSSR count). The molecule has 2 amide bonds. The zero-order valence-corrected chi connectivity index (χ0v) is 20.5.